The summed E-state index contributed by atoms with van der Waals surface area (Å²) in [6.07, 6.45) is 2.00. The van der Waals surface area contributed by atoms with Crippen molar-refractivity contribution in [3.05, 3.63) is 46.5 Å². The molecule has 32 heavy (non-hydrogen) atoms. The fourth-order valence-electron chi connectivity index (χ4n) is 4.32. The number of benzene rings is 1. The van der Waals surface area contributed by atoms with Crippen LogP contribution in [-0.2, 0) is 6.54 Å². The van der Waals surface area contributed by atoms with Crippen molar-refractivity contribution in [2.24, 2.45) is 0 Å². The molecule has 1 fully saturated rings. The SMILES string of the molecule is CCCn1c(C)nc(C(=O)NCCCN2CCN(c3cccc(C)c3C)CC2)c1C.Cl.Cl. The summed E-state index contributed by atoms with van der Waals surface area (Å²) in [5.41, 5.74) is 5.66. The Hall–Kier alpha value is -1.76. The molecule has 2 heterocycles. The van der Waals surface area contributed by atoms with Crippen LogP contribution in [0, 0.1) is 27.7 Å². The van der Waals surface area contributed by atoms with Gasteiger partial charge in [-0.1, -0.05) is 19.1 Å². The van der Waals surface area contributed by atoms with Crippen molar-refractivity contribution in [1.82, 2.24) is 19.8 Å². The Kier molecular flexibility index (Phi) is 11.5. The molecule has 0 bridgehead atoms. The van der Waals surface area contributed by atoms with E-state index in [0.717, 1.165) is 63.6 Å². The second-order valence-electron chi connectivity index (χ2n) is 8.40. The number of carbonyl (C=O) groups is 1. The molecule has 1 aromatic carbocycles. The quantitative estimate of drug-likeness (QED) is 0.568. The summed E-state index contributed by atoms with van der Waals surface area (Å²) in [5, 5.41) is 3.06. The lowest BCUT2D eigenvalue weighted by Gasteiger charge is -2.37. The number of halogens is 2. The van der Waals surface area contributed by atoms with E-state index in [1.54, 1.807) is 0 Å². The first-order valence-electron chi connectivity index (χ1n) is 11.3. The van der Waals surface area contributed by atoms with Crippen molar-refractivity contribution in [2.75, 3.05) is 44.2 Å². The fraction of sp³-hybridized carbons (Fsp3) is 0.583. The highest BCUT2D eigenvalue weighted by atomic mass is 35.5. The summed E-state index contributed by atoms with van der Waals surface area (Å²) < 4.78 is 2.13. The number of aromatic nitrogens is 2. The van der Waals surface area contributed by atoms with Crippen molar-refractivity contribution in [2.45, 2.75) is 54.0 Å². The number of nitrogens with one attached hydrogen (secondary N) is 1. The molecule has 0 saturated carbocycles. The van der Waals surface area contributed by atoms with E-state index in [0.29, 0.717) is 12.2 Å². The van der Waals surface area contributed by atoms with Gasteiger partial charge in [-0.3, -0.25) is 9.69 Å². The molecule has 180 valence electrons. The molecule has 1 aromatic heterocycles. The van der Waals surface area contributed by atoms with Gasteiger partial charge in [0, 0.05) is 50.6 Å². The van der Waals surface area contributed by atoms with E-state index in [9.17, 15) is 4.79 Å². The third-order valence-corrected chi connectivity index (χ3v) is 6.30. The van der Waals surface area contributed by atoms with Crippen molar-refractivity contribution in [1.29, 1.82) is 0 Å². The number of carbonyl (C=O) groups excluding carboxylic acids is 1. The van der Waals surface area contributed by atoms with Crippen molar-refractivity contribution in [3.8, 4) is 0 Å². The van der Waals surface area contributed by atoms with Gasteiger partial charge in [-0.2, -0.15) is 0 Å². The molecular formula is C24H39Cl2N5O. The molecule has 1 amide bonds. The van der Waals surface area contributed by atoms with Crippen LogP contribution in [0.5, 0.6) is 0 Å². The number of hydrogen-bond acceptors (Lipinski definition) is 4. The van der Waals surface area contributed by atoms with Gasteiger partial charge in [0.05, 0.1) is 0 Å². The molecule has 2 aromatic rings. The number of nitrogens with zero attached hydrogens (tertiary/aromatic N) is 4. The van der Waals surface area contributed by atoms with Crippen molar-refractivity contribution in [3.63, 3.8) is 0 Å². The molecule has 1 saturated heterocycles. The molecule has 0 radical (unpaired) electrons. The van der Waals surface area contributed by atoms with Crippen molar-refractivity contribution >= 4 is 36.4 Å². The molecule has 0 spiro atoms. The van der Waals surface area contributed by atoms with Crippen LogP contribution in [0.3, 0.4) is 0 Å². The molecule has 0 atom stereocenters. The van der Waals surface area contributed by atoms with Crippen LogP contribution in [0.4, 0.5) is 5.69 Å². The normalized spacial score (nSPS) is 14.0. The highest BCUT2D eigenvalue weighted by Gasteiger charge is 2.19. The molecule has 0 unspecified atom stereocenters. The first-order valence-corrected chi connectivity index (χ1v) is 11.3. The number of amides is 1. The van der Waals surface area contributed by atoms with E-state index in [2.05, 4.69) is 63.6 Å². The van der Waals surface area contributed by atoms with Crippen LogP contribution in [0.15, 0.2) is 18.2 Å². The molecule has 1 N–H and O–H groups in total. The maximum atomic E-state index is 12.5. The number of piperazine rings is 1. The third kappa shape index (κ3) is 6.63. The van der Waals surface area contributed by atoms with E-state index in [1.807, 2.05) is 13.8 Å². The smallest absolute Gasteiger partial charge is 0.271 e. The largest absolute Gasteiger partial charge is 0.369 e. The lowest BCUT2D eigenvalue weighted by atomic mass is 10.1. The van der Waals surface area contributed by atoms with Crippen LogP contribution in [-0.4, -0.2) is 59.6 Å². The predicted molar refractivity (Wildman–Crippen MR) is 138 cm³/mol. The van der Waals surface area contributed by atoms with Crippen LogP contribution in [0.2, 0.25) is 0 Å². The summed E-state index contributed by atoms with van der Waals surface area (Å²) in [7, 11) is 0. The number of imidazole rings is 1. The predicted octanol–water partition coefficient (Wildman–Crippen LogP) is 4.31. The highest BCUT2D eigenvalue weighted by Crippen LogP contribution is 2.23. The zero-order valence-corrected chi connectivity index (χ0v) is 21.7. The lowest BCUT2D eigenvalue weighted by Crippen LogP contribution is -2.47. The molecule has 3 rings (SSSR count). The van der Waals surface area contributed by atoms with Gasteiger partial charge >= 0.3 is 0 Å². The van der Waals surface area contributed by atoms with Gasteiger partial charge in [0.2, 0.25) is 0 Å². The fourth-order valence-corrected chi connectivity index (χ4v) is 4.32. The molecule has 1 aliphatic heterocycles. The molecule has 1 aliphatic rings. The van der Waals surface area contributed by atoms with E-state index in [1.165, 1.54) is 16.8 Å². The first kappa shape index (κ1) is 28.3. The summed E-state index contributed by atoms with van der Waals surface area (Å²) in [4.78, 5) is 22.0. The Bertz CT molecular complexity index is 876. The van der Waals surface area contributed by atoms with Crippen LogP contribution >= 0.6 is 24.8 Å². The van der Waals surface area contributed by atoms with Crippen molar-refractivity contribution < 1.29 is 4.79 Å². The first-order chi connectivity index (χ1) is 14.4. The van der Waals surface area contributed by atoms with E-state index in [-0.39, 0.29) is 30.7 Å². The van der Waals surface area contributed by atoms with Gasteiger partial charge in [0.25, 0.3) is 5.91 Å². The Labute approximate surface area is 205 Å². The lowest BCUT2D eigenvalue weighted by molar-refractivity contribution is 0.0946. The van der Waals surface area contributed by atoms with E-state index >= 15 is 0 Å². The monoisotopic (exact) mass is 483 g/mol. The maximum absolute atomic E-state index is 12.5. The Morgan fingerprint density at radius 3 is 2.38 bits per heavy atom. The zero-order valence-electron chi connectivity index (χ0n) is 20.1. The van der Waals surface area contributed by atoms with Gasteiger partial charge in [0.15, 0.2) is 0 Å². The summed E-state index contributed by atoms with van der Waals surface area (Å²) in [6.45, 7) is 17.4. The van der Waals surface area contributed by atoms with E-state index < -0.39 is 0 Å². The summed E-state index contributed by atoms with van der Waals surface area (Å²) >= 11 is 0. The average Bonchev–Trinajstić information content (AvgIpc) is 3.02. The third-order valence-electron chi connectivity index (χ3n) is 6.30. The minimum absolute atomic E-state index is 0. The number of rotatable bonds is 8. The van der Waals surface area contributed by atoms with Crippen LogP contribution < -0.4 is 10.2 Å². The van der Waals surface area contributed by atoms with Gasteiger partial charge in [-0.05, 0) is 64.3 Å². The standard InChI is InChI=1S/C24H37N5O.2ClH/c1-6-12-29-20(4)23(26-21(29)5)24(30)25-11-8-13-27-14-16-28(17-15-27)22-10-7-9-18(2)19(22)3;;/h7,9-10H,6,8,11-17H2,1-5H3,(H,25,30);2*1H. The average molecular weight is 485 g/mol. The zero-order chi connectivity index (χ0) is 21.7. The van der Waals surface area contributed by atoms with Gasteiger partial charge in [0.1, 0.15) is 11.5 Å². The summed E-state index contributed by atoms with van der Waals surface area (Å²) in [5.74, 6) is 0.867. The second kappa shape index (κ2) is 13.1. The van der Waals surface area contributed by atoms with Crippen LogP contribution in [0.1, 0.15) is 52.9 Å². The Balaban J connectivity index is 0.00000256. The number of aryl methyl sites for hydroxylation is 2. The molecule has 8 heteroatoms. The Morgan fingerprint density at radius 1 is 1.03 bits per heavy atom. The van der Waals surface area contributed by atoms with E-state index in [4.69, 9.17) is 0 Å². The molecule has 0 aliphatic carbocycles. The van der Waals surface area contributed by atoms with Gasteiger partial charge < -0.3 is 14.8 Å². The summed E-state index contributed by atoms with van der Waals surface area (Å²) in [6, 6.07) is 6.57. The highest BCUT2D eigenvalue weighted by molar-refractivity contribution is 5.93. The number of hydrogen-bond donors (Lipinski definition) is 1. The van der Waals surface area contributed by atoms with Gasteiger partial charge in [-0.15, -0.1) is 24.8 Å². The minimum Gasteiger partial charge on any atom is -0.369 e. The minimum atomic E-state index is -0.0507. The topological polar surface area (TPSA) is 53.4 Å². The Morgan fingerprint density at radius 2 is 1.72 bits per heavy atom. The molecule has 6 nitrogen and oxygen atoms in total. The maximum Gasteiger partial charge on any atom is 0.271 e. The molecular weight excluding hydrogens is 445 g/mol. The van der Waals surface area contributed by atoms with Gasteiger partial charge in [-0.25, -0.2) is 4.98 Å². The van der Waals surface area contributed by atoms with Crippen LogP contribution in [0.25, 0.3) is 0 Å². The number of anilines is 1. The second-order valence-corrected chi connectivity index (χ2v) is 8.40.